The maximum Gasteiger partial charge on any atom is 0.241 e. The number of carbonyl (C=O) groups excluding carboxylic acids is 1. The van der Waals surface area contributed by atoms with Crippen LogP contribution in [-0.2, 0) is 21.4 Å². The lowest BCUT2D eigenvalue weighted by molar-refractivity contribution is -0.130. The average Bonchev–Trinajstić information content (AvgIpc) is 2.37. The molecule has 0 saturated heterocycles. The topological polar surface area (TPSA) is 92.5 Å². The number of benzene rings is 1. The Hall–Kier alpha value is -1.44. The van der Waals surface area contributed by atoms with Gasteiger partial charge < -0.3 is 10.6 Å². The predicted octanol–water partition coefficient (Wildman–Crippen LogP) is -0.0997. The zero-order valence-corrected chi connectivity index (χ0v) is 12.1. The number of hydrogen-bond donors (Lipinski definition) is 2. The minimum absolute atomic E-state index is 0.107. The Labute approximate surface area is 113 Å². The first-order valence-electron chi connectivity index (χ1n) is 5.81. The van der Waals surface area contributed by atoms with Gasteiger partial charge in [0.25, 0.3) is 0 Å². The maximum atomic E-state index is 12.2. The Morgan fingerprint density at radius 1 is 1.37 bits per heavy atom. The summed E-state index contributed by atoms with van der Waals surface area (Å²) in [6.45, 7) is 1.62. The summed E-state index contributed by atoms with van der Waals surface area (Å²) in [7, 11) is -0.618. The molecule has 0 aromatic heterocycles. The fraction of sp³-hybridized carbons (Fsp3) is 0.417. The second-order valence-electron chi connectivity index (χ2n) is 4.39. The van der Waals surface area contributed by atoms with Gasteiger partial charge in [-0.1, -0.05) is 18.2 Å². The van der Waals surface area contributed by atoms with E-state index in [2.05, 4.69) is 4.72 Å². The maximum absolute atomic E-state index is 12.2. The van der Waals surface area contributed by atoms with E-state index in [1.54, 1.807) is 32.3 Å². The first-order valence-corrected chi connectivity index (χ1v) is 7.29. The van der Waals surface area contributed by atoms with Crippen molar-refractivity contribution in [2.45, 2.75) is 24.4 Å². The van der Waals surface area contributed by atoms with Crippen LogP contribution >= 0.6 is 0 Å². The predicted molar refractivity (Wildman–Crippen MR) is 72.8 cm³/mol. The Kier molecular flexibility index (Phi) is 5.04. The summed E-state index contributed by atoms with van der Waals surface area (Å²) >= 11 is 0. The molecule has 1 rings (SSSR count). The summed E-state index contributed by atoms with van der Waals surface area (Å²) in [6, 6.07) is 5.62. The van der Waals surface area contributed by atoms with Crippen molar-refractivity contribution in [3.05, 3.63) is 29.8 Å². The third-order valence-electron chi connectivity index (χ3n) is 2.63. The molecular weight excluding hydrogens is 266 g/mol. The normalized spacial score (nSPS) is 13.1. The van der Waals surface area contributed by atoms with E-state index < -0.39 is 16.1 Å². The summed E-state index contributed by atoms with van der Waals surface area (Å²) in [4.78, 5) is 13.1. The van der Waals surface area contributed by atoms with Gasteiger partial charge in [0.1, 0.15) is 0 Å². The summed E-state index contributed by atoms with van der Waals surface area (Å²) < 4.78 is 26.8. The van der Waals surface area contributed by atoms with E-state index in [0.717, 1.165) is 0 Å². The molecule has 1 amide bonds. The van der Waals surface area contributed by atoms with Crippen LogP contribution < -0.4 is 10.5 Å². The third-order valence-corrected chi connectivity index (χ3v) is 4.27. The van der Waals surface area contributed by atoms with E-state index in [9.17, 15) is 13.2 Å². The number of sulfonamides is 1. The van der Waals surface area contributed by atoms with Crippen LogP contribution in [0.4, 0.5) is 0 Å². The summed E-state index contributed by atoms with van der Waals surface area (Å²) in [6.07, 6.45) is 0. The molecule has 7 heteroatoms. The van der Waals surface area contributed by atoms with Crippen LogP contribution in [0.1, 0.15) is 12.5 Å². The van der Waals surface area contributed by atoms with Crippen molar-refractivity contribution < 1.29 is 13.2 Å². The number of nitrogens with one attached hydrogen (secondary N) is 1. The van der Waals surface area contributed by atoms with Crippen LogP contribution in [0.5, 0.6) is 0 Å². The van der Waals surface area contributed by atoms with Crippen LogP contribution in [0.25, 0.3) is 0 Å². The zero-order valence-electron chi connectivity index (χ0n) is 11.3. The fourth-order valence-electron chi connectivity index (χ4n) is 1.67. The highest BCUT2D eigenvalue weighted by atomic mass is 32.2. The number of nitrogens with two attached hydrogens (primary N) is 1. The lowest BCUT2D eigenvalue weighted by Crippen LogP contribution is -2.44. The molecule has 0 radical (unpaired) electrons. The SMILES string of the molecule is CC(NS(=O)(=O)c1ccccc1CN)C(=O)N(C)C. The molecule has 6 nitrogen and oxygen atoms in total. The smallest absolute Gasteiger partial charge is 0.241 e. The van der Waals surface area contributed by atoms with Crippen LogP contribution in [0.15, 0.2) is 29.2 Å². The number of likely N-dealkylation sites (N-methyl/N-ethyl adjacent to an activating group) is 1. The molecule has 1 aromatic rings. The molecule has 3 N–H and O–H groups in total. The summed E-state index contributed by atoms with van der Waals surface area (Å²) in [5.74, 6) is -0.311. The molecule has 1 unspecified atom stereocenters. The highest BCUT2D eigenvalue weighted by Crippen LogP contribution is 2.15. The number of carbonyl (C=O) groups is 1. The molecular formula is C12H19N3O3S. The van der Waals surface area contributed by atoms with Crippen molar-refractivity contribution in [1.29, 1.82) is 0 Å². The fourth-order valence-corrected chi connectivity index (χ4v) is 3.12. The molecule has 19 heavy (non-hydrogen) atoms. The average molecular weight is 285 g/mol. The molecule has 1 atom stereocenters. The monoisotopic (exact) mass is 285 g/mol. The Morgan fingerprint density at radius 2 is 1.95 bits per heavy atom. The quantitative estimate of drug-likeness (QED) is 0.790. The highest BCUT2D eigenvalue weighted by molar-refractivity contribution is 7.89. The number of nitrogens with zero attached hydrogens (tertiary/aromatic N) is 1. The van der Waals surface area contributed by atoms with Gasteiger partial charge in [-0.25, -0.2) is 8.42 Å². The van der Waals surface area contributed by atoms with Gasteiger partial charge >= 0.3 is 0 Å². The van der Waals surface area contributed by atoms with Gasteiger partial charge in [-0.3, -0.25) is 4.79 Å². The standard InChI is InChI=1S/C12H19N3O3S/c1-9(12(16)15(2)3)14-19(17,18)11-7-5-4-6-10(11)8-13/h4-7,9,14H,8,13H2,1-3H3. The Bertz CT molecular complexity index is 555. The largest absolute Gasteiger partial charge is 0.347 e. The van der Waals surface area contributed by atoms with E-state index >= 15 is 0 Å². The van der Waals surface area contributed by atoms with E-state index in [1.165, 1.54) is 17.9 Å². The van der Waals surface area contributed by atoms with Crippen molar-refractivity contribution in [3.8, 4) is 0 Å². The Morgan fingerprint density at radius 3 is 2.47 bits per heavy atom. The molecule has 1 aromatic carbocycles. The van der Waals surface area contributed by atoms with E-state index in [-0.39, 0.29) is 17.3 Å². The van der Waals surface area contributed by atoms with Gasteiger partial charge in [-0.2, -0.15) is 4.72 Å². The number of amides is 1. The van der Waals surface area contributed by atoms with Gasteiger partial charge in [0, 0.05) is 20.6 Å². The molecule has 0 saturated carbocycles. The molecule has 0 fully saturated rings. The van der Waals surface area contributed by atoms with Crippen LogP contribution in [-0.4, -0.2) is 39.4 Å². The van der Waals surface area contributed by atoms with Gasteiger partial charge in [0.05, 0.1) is 10.9 Å². The van der Waals surface area contributed by atoms with Crippen molar-refractivity contribution in [2.75, 3.05) is 14.1 Å². The van der Waals surface area contributed by atoms with E-state index in [4.69, 9.17) is 5.73 Å². The molecule has 0 heterocycles. The lowest BCUT2D eigenvalue weighted by atomic mass is 10.2. The van der Waals surface area contributed by atoms with Gasteiger partial charge in [-0.15, -0.1) is 0 Å². The molecule has 106 valence electrons. The van der Waals surface area contributed by atoms with Gasteiger partial charge in [0.15, 0.2) is 0 Å². The second-order valence-corrected chi connectivity index (χ2v) is 6.07. The minimum atomic E-state index is -3.76. The molecule has 0 bridgehead atoms. The minimum Gasteiger partial charge on any atom is -0.347 e. The zero-order chi connectivity index (χ0) is 14.6. The third kappa shape index (κ3) is 3.76. The first kappa shape index (κ1) is 15.6. The van der Waals surface area contributed by atoms with Crippen molar-refractivity contribution in [2.24, 2.45) is 5.73 Å². The molecule has 0 aliphatic carbocycles. The summed E-state index contributed by atoms with van der Waals surface area (Å²) in [5.41, 5.74) is 6.03. The molecule has 0 aliphatic heterocycles. The molecule has 0 spiro atoms. The van der Waals surface area contributed by atoms with Crippen LogP contribution in [0.2, 0.25) is 0 Å². The van der Waals surface area contributed by atoms with Crippen molar-refractivity contribution in [3.63, 3.8) is 0 Å². The number of rotatable bonds is 5. The number of hydrogen-bond acceptors (Lipinski definition) is 4. The lowest BCUT2D eigenvalue weighted by Gasteiger charge is -2.18. The van der Waals surface area contributed by atoms with E-state index in [0.29, 0.717) is 5.56 Å². The first-order chi connectivity index (χ1) is 8.79. The van der Waals surface area contributed by atoms with E-state index in [1.807, 2.05) is 0 Å². The summed E-state index contributed by atoms with van der Waals surface area (Å²) in [5, 5.41) is 0. The van der Waals surface area contributed by atoms with Crippen molar-refractivity contribution in [1.82, 2.24) is 9.62 Å². The van der Waals surface area contributed by atoms with Gasteiger partial charge in [0.2, 0.25) is 15.9 Å². The molecule has 0 aliphatic rings. The second kappa shape index (κ2) is 6.14. The van der Waals surface area contributed by atoms with Crippen LogP contribution in [0.3, 0.4) is 0 Å². The van der Waals surface area contributed by atoms with Crippen LogP contribution in [0, 0.1) is 0 Å². The highest BCUT2D eigenvalue weighted by Gasteiger charge is 2.24. The van der Waals surface area contributed by atoms with Gasteiger partial charge in [-0.05, 0) is 18.6 Å². The Balaban J connectivity index is 3.02. The van der Waals surface area contributed by atoms with Crippen molar-refractivity contribution >= 4 is 15.9 Å².